The van der Waals surface area contributed by atoms with E-state index in [0.717, 1.165) is 22.4 Å². The van der Waals surface area contributed by atoms with Crippen LogP contribution in [0.15, 0.2) is 60.0 Å². The van der Waals surface area contributed by atoms with Crippen LogP contribution < -0.4 is 9.64 Å². The maximum Gasteiger partial charge on any atom is 0.335 e. The highest BCUT2D eigenvalue weighted by molar-refractivity contribution is 7.12. The molecule has 30 heavy (non-hydrogen) atoms. The van der Waals surface area contributed by atoms with E-state index in [1.807, 2.05) is 68.6 Å². The van der Waals surface area contributed by atoms with Crippen molar-refractivity contribution in [3.05, 3.63) is 81.5 Å². The predicted octanol–water partition coefficient (Wildman–Crippen LogP) is 5.69. The minimum atomic E-state index is -0.886. The van der Waals surface area contributed by atoms with Crippen LogP contribution in [0.25, 0.3) is 0 Å². The van der Waals surface area contributed by atoms with Crippen molar-refractivity contribution in [2.75, 3.05) is 4.90 Å². The van der Waals surface area contributed by atoms with Gasteiger partial charge in [-0.3, -0.25) is 14.6 Å². The monoisotopic (exact) mass is 418 g/mol. The van der Waals surface area contributed by atoms with Gasteiger partial charge in [-0.2, -0.15) is 0 Å². The molecule has 0 saturated carbocycles. The molecule has 3 heterocycles. The van der Waals surface area contributed by atoms with Crippen LogP contribution in [0.4, 0.5) is 10.5 Å². The summed E-state index contributed by atoms with van der Waals surface area (Å²) in [5.41, 5.74) is 2.82. The molecule has 6 heteroatoms. The first-order chi connectivity index (χ1) is 14.4. The van der Waals surface area contributed by atoms with Crippen molar-refractivity contribution in [3.63, 3.8) is 0 Å². The van der Waals surface area contributed by atoms with E-state index >= 15 is 0 Å². The quantitative estimate of drug-likeness (QED) is 0.537. The number of aryl methyl sites for hydroxylation is 2. The van der Waals surface area contributed by atoms with Gasteiger partial charge in [0.25, 0.3) is 5.91 Å². The smallest absolute Gasteiger partial charge is 0.335 e. The Bertz CT molecular complexity index is 1140. The Labute approximate surface area is 179 Å². The van der Waals surface area contributed by atoms with Gasteiger partial charge in [-0.1, -0.05) is 30.3 Å². The summed E-state index contributed by atoms with van der Waals surface area (Å²) in [6, 6.07) is 16.5. The molecule has 1 fully saturated rings. The van der Waals surface area contributed by atoms with Crippen LogP contribution in [0.1, 0.15) is 45.7 Å². The van der Waals surface area contributed by atoms with Crippen LogP contribution in [-0.4, -0.2) is 22.6 Å². The van der Waals surface area contributed by atoms with Crippen LogP contribution in [0.3, 0.4) is 0 Å². The normalized spacial score (nSPS) is 22.5. The molecule has 152 valence electrons. The summed E-state index contributed by atoms with van der Waals surface area (Å²) in [4.78, 5) is 30.9. The van der Waals surface area contributed by atoms with Crippen molar-refractivity contribution in [1.82, 2.24) is 4.90 Å². The molecule has 2 unspecified atom stereocenters. The Hall–Kier alpha value is -3.12. The average molecular weight is 419 g/mol. The number of para-hydroxylation sites is 1. The Morgan fingerprint density at radius 1 is 1.10 bits per heavy atom. The fraction of sp³-hybridized carbons (Fsp3) is 0.250. The number of benzene rings is 2. The molecule has 2 aromatic carbocycles. The third-order valence-corrected chi connectivity index (χ3v) is 6.64. The maximum atomic E-state index is 13.9. The third-order valence-electron chi connectivity index (χ3n) is 5.78. The van der Waals surface area contributed by atoms with Crippen LogP contribution in [0, 0.1) is 13.8 Å². The van der Waals surface area contributed by atoms with Crippen molar-refractivity contribution in [2.24, 2.45) is 0 Å². The van der Waals surface area contributed by atoms with Gasteiger partial charge >= 0.3 is 6.03 Å². The van der Waals surface area contributed by atoms with Crippen molar-refractivity contribution in [2.45, 2.75) is 39.0 Å². The molecule has 2 bridgehead atoms. The van der Waals surface area contributed by atoms with Gasteiger partial charge in [0.2, 0.25) is 0 Å². The van der Waals surface area contributed by atoms with Crippen molar-refractivity contribution >= 4 is 29.0 Å². The summed E-state index contributed by atoms with van der Waals surface area (Å²) in [6.07, 6.45) is 0.500. The first-order valence-electron chi connectivity index (χ1n) is 9.95. The lowest BCUT2D eigenvalue weighted by atomic mass is 9.88. The number of hydrogen-bond donors (Lipinski definition) is 0. The minimum Gasteiger partial charge on any atom is -0.467 e. The molecule has 2 atom stereocenters. The highest BCUT2D eigenvalue weighted by atomic mass is 32.1. The molecule has 3 amide bonds. The second-order valence-electron chi connectivity index (χ2n) is 8.15. The first kappa shape index (κ1) is 18.9. The maximum absolute atomic E-state index is 13.9. The summed E-state index contributed by atoms with van der Waals surface area (Å²) < 4.78 is 6.40. The van der Waals surface area contributed by atoms with Gasteiger partial charge in [0.05, 0.1) is 10.9 Å². The second kappa shape index (κ2) is 6.71. The number of amides is 3. The van der Waals surface area contributed by atoms with Crippen LogP contribution in [-0.2, 0) is 0 Å². The number of anilines is 1. The SMILES string of the molecule is Cc1cc(C)cc(N2C(=O)N(C(=O)c3cccs3)C3CC2(C)Oc2ccccc23)c1. The number of urea groups is 1. The van der Waals surface area contributed by atoms with E-state index in [2.05, 4.69) is 6.07 Å². The van der Waals surface area contributed by atoms with E-state index in [0.29, 0.717) is 17.0 Å². The largest absolute Gasteiger partial charge is 0.467 e. The predicted molar refractivity (Wildman–Crippen MR) is 117 cm³/mol. The number of ether oxygens (including phenoxy) is 1. The summed E-state index contributed by atoms with van der Waals surface area (Å²) in [5, 5.41) is 1.85. The number of nitrogens with zero attached hydrogens (tertiary/aromatic N) is 2. The van der Waals surface area contributed by atoms with E-state index in [1.54, 1.807) is 11.0 Å². The van der Waals surface area contributed by atoms with Crippen LogP contribution in [0.5, 0.6) is 5.75 Å². The second-order valence-corrected chi connectivity index (χ2v) is 9.10. The van der Waals surface area contributed by atoms with E-state index in [-0.39, 0.29) is 18.0 Å². The number of carbonyl (C=O) groups is 2. The molecule has 5 nitrogen and oxygen atoms in total. The molecule has 5 rings (SSSR count). The van der Waals surface area contributed by atoms with Gasteiger partial charge in [-0.15, -0.1) is 11.3 Å². The van der Waals surface area contributed by atoms with Gasteiger partial charge in [0.1, 0.15) is 5.75 Å². The fourth-order valence-corrected chi connectivity index (χ4v) is 5.28. The molecule has 1 saturated heterocycles. The Morgan fingerprint density at radius 3 is 2.53 bits per heavy atom. The molecule has 0 N–H and O–H groups in total. The van der Waals surface area contributed by atoms with Crippen molar-refractivity contribution in [3.8, 4) is 5.75 Å². The molecular weight excluding hydrogens is 396 g/mol. The zero-order valence-corrected chi connectivity index (χ0v) is 17.9. The average Bonchev–Trinajstić information content (AvgIpc) is 3.21. The van der Waals surface area contributed by atoms with Gasteiger partial charge in [0, 0.05) is 17.7 Å². The standard InChI is InChI=1S/C24H22N2O3S/c1-15-11-16(2)13-17(12-15)26-23(28)25(22(27)21-9-6-10-30-21)19-14-24(26,3)29-20-8-5-4-7-18(19)20/h4-13,19H,14H2,1-3H3. The Kier molecular flexibility index (Phi) is 4.22. The van der Waals surface area contributed by atoms with Crippen molar-refractivity contribution in [1.29, 1.82) is 0 Å². The summed E-state index contributed by atoms with van der Waals surface area (Å²) in [6.45, 7) is 5.93. The Balaban J connectivity index is 1.70. The van der Waals surface area contributed by atoms with E-state index in [1.165, 1.54) is 16.2 Å². The topological polar surface area (TPSA) is 49.9 Å². The number of rotatable bonds is 2. The number of thiophene rings is 1. The first-order valence-corrected chi connectivity index (χ1v) is 10.8. The van der Waals surface area contributed by atoms with Gasteiger partial charge in [-0.05, 0) is 61.5 Å². The molecule has 0 aliphatic carbocycles. The zero-order chi connectivity index (χ0) is 21.0. The molecule has 0 radical (unpaired) electrons. The molecule has 3 aromatic rings. The van der Waals surface area contributed by atoms with Gasteiger partial charge in [-0.25, -0.2) is 4.79 Å². The summed E-state index contributed by atoms with van der Waals surface area (Å²) in [7, 11) is 0. The van der Waals surface area contributed by atoms with Crippen molar-refractivity contribution < 1.29 is 14.3 Å². The minimum absolute atomic E-state index is 0.270. The molecule has 1 aromatic heterocycles. The van der Waals surface area contributed by atoms with Gasteiger partial charge < -0.3 is 4.74 Å². The zero-order valence-electron chi connectivity index (χ0n) is 17.1. The van der Waals surface area contributed by atoms with Crippen LogP contribution >= 0.6 is 11.3 Å². The number of hydrogen-bond acceptors (Lipinski definition) is 4. The molecular formula is C24H22N2O3S. The third kappa shape index (κ3) is 2.82. The van der Waals surface area contributed by atoms with E-state index in [9.17, 15) is 9.59 Å². The molecule has 2 aliphatic rings. The van der Waals surface area contributed by atoms with Gasteiger partial charge in [0.15, 0.2) is 5.72 Å². The number of carbonyl (C=O) groups excluding carboxylic acids is 2. The highest BCUT2D eigenvalue weighted by Crippen LogP contribution is 2.49. The van der Waals surface area contributed by atoms with E-state index < -0.39 is 5.72 Å². The lowest BCUT2D eigenvalue weighted by Gasteiger charge is -2.53. The summed E-state index contributed by atoms with van der Waals surface area (Å²) in [5.74, 6) is 0.440. The fourth-order valence-electron chi connectivity index (χ4n) is 4.62. The number of fused-ring (bicyclic) bond motifs is 4. The lowest BCUT2D eigenvalue weighted by molar-refractivity contribution is 0.00283. The van der Waals surface area contributed by atoms with E-state index in [4.69, 9.17) is 4.74 Å². The lowest BCUT2D eigenvalue weighted by Crippen LogP contribution is -2.67. The van der Waals surface area contributed by atoms with Crippen LogP contribution in [0.2, 0.25) is 0 Å². The Morgan fingerprint density at radius 2 is 1.83 bits per heavy atom. The highest BCUT2D eigenvalue weighted by Gasteiger charge is 2.55. The number of imide groups is 1. The summed E-state index contributed by atoms with van der Waals surface area (Å²) >= 11 is 1.35. The molecule has 2 aliphatic heterocycles. The molecule has 0 spiro atoms.